The zero-order valence-electron chi connectivity index (χ0n) is 9.96. The van der Waals surface area contributed by atoms with Crippen molar-refractivity contribution in [2.45, 2.75) is 13.8 Å². The van der Waals surface area contributed by atoms with E-state index in [4.69, 9.17) is 9.47 Å². The second-order valence-corrected chi connectivity index (χ2v) is 4.48. The van der Waals surface area contributed by atoms with Gasteiger partial charge in [-0.05, 0) is 47.5 Å². The number of rotatable bonds is 6. The molecule has 0 aromatic heterocycles. The van der Waals surface area contributed by atoms with Crippen molar-refractivity contribution < 1.29 is 14.3 Å². The van der Waals surface area contributed by atoms with Gasteiger partial charge in [-0.3, -0.25) is 4.79 Å². The zero-order chi connectivity index (χ0) is 12.8. The van der Waals surface area contributed by atoms with Crippen molar-refractivity contribution in [2.24, 2.45) is 0 Å². The maximum Gasteiger partial charge on any atom is 0.175 e. The third-order valence-corrected chi connectivity index (χ3v) is 2.52. The predicted molar refractivity (Wildman–Crippen MR) is 71.0 cm³/mol. The van der Waals surface area contributed by atoms with Gasteiger partial charge in [0.15, 0.2) is 11.5 Å². The van der Waals surface area contributed by atoms with Crippen molar-refractivity contribution in [3.8, 4) is 11.5 Å². The fourth-order valence-corrected chi connectivity index (χ4v) is 1.83. The number of benzene rings is 1. The third-order valence-electron chi connectivity index (χ3n) is 1.93. The van der Waals surface area contributed by atoms with E-state index < -0.39 is 0 Å². The Labute approximate surface area is 110 Å². The average molecular weight is 299 g/mol. The van der Waals surface area contributed by atoms with Gasteiger partial charge in [-0.25, -0.2) is 0 Å². The highest BCUT2D eigenvalue weighted by Crippen LogP contribution is 2.36. The van der Waals surface area contributed by atoms with E-state index in [0.29, 0.717) is 34.7 Å². The third kappa shape index (κ3) is 3.89. The maximum absolute atomic E-state index is 10.8. The van der Waals surface area contributed by atoms with E-state index in [0.717, 1.165) is 11.9 Å². The predicted octanol–water partition coefficient (Wildman–Crippen LogP) is 3.62. The Morgan fingerprint density at radius 3 is 2.71 bits per heavy atom. The first-order chi connectivity index (χ1) is 8.08. The molecule has 0 spiro atoms. The molecule has 0 saturated carbocycles. The average Bonchev–Trinajstić information content (AvgIpc) is 2.27. The van der Waals surface area contributed by atoms with Gasteiger partial charge in [0.25, 0.3) is 0 Å². The summed E-state index contributed by atoms with van der Waals surface area (Å²) in [6.45, 7) is 8.46. The van der Waals surface area contributed by atoms with Gasteiger partial charge in [0, 0.05) is 5.56 Å². The number of carbonyl (C=O) groups is 1. The van der Waals surface area contributed by atoms with Crippen LogP contribution in [0.25, 0.3) is 0 Å². The molecule has 3 nitrogen and oxygen atoms in total. The highest BCUT2D eigenvalue weighted by molar-refractivity contribution is 9.10. The van der Waals surface area contributed by atoms with Crippen molar-refractivity contribution in [1.82, 2.24) is 0 Å². The molecule has 4 heteroatoms. The minimum atomic E-state index is 0.416. The minimum Gasteiger partial charge on any atom is -0.490 e. The van der Waals surface area contributed by atoms with E-state index in [1.54, 1.807) is 12.1 Å². The molecule has 17 heavy (non-hydrogen) atoms. The van der Waals surface area contributed by atoms with Gasteiger partial charge in [0.1, 0.15) is 12.9 Å². The van der Waals surface area contributed by atoms with E-state index >= 15 is 0 Å². The van der Waals surface area contributed by atoms with E-state index in [2.05, 4.69) is 22.5 Å². The maximum atomic E-state index is 10.8. The van der Waals surface area contributed by atoms with Crippen molar-refractivity contribution in [2.75, 3.05) is 13.2 Å². The highest BCUT2D eigenvalue weighted by Gasteiger charge is 2.12. The second kappa shape index (κ2) is 6.45. The van der Waals surface area contributed by atoms with Gasteiger partial charge in [0.05, 0.1) is 11.1 Å². The number of aldehydes is 1. The highest BCUT2D eigenvalue weighted by atomic mass is 79.9. The van der Waals surface area contributed by atoms with E-state index in [1.807, 2.05) is 13.8 Å². The van der Waals surface area contributed by atoms with Gasteiger partial charge < -0.3 is 9.47 Å². The monoisotopic (exact) mass is 298 g/mol. The lowest BCUT2D eigenvalue weighted by atomic mass is 10.2. The summed E-state index contributed by atoms with van der Waals surface area (Å²) >= 11 is 3.37. The molecule has 0 aliphatic heterocycles. The molecule has 0 aliphatic carbocycles. The van der Waals surface area contributed by atoms with Crippen LogP contribution in [0.15, 0.2) is 28.8 Å². The molecule has 0 N–H and O–H groups in total. The van der Waals surface area contributed by atoms with Crippen molar-refractivity contribution in [3.63, 3.8) is 0 Å². The van der Waals surface area contributed by atoms with E-state index in [1.165, 1.54) is 0 Å². The van der Waals surface area contributed by atoms with E-state index in [9.17, 15) is 4.79 Å². The molecule has 0 fully saturated rings. The molecular formula is C13H15BrO3. The summed E-state index contributed by atoms with van der Waals surface area (Å²) in [7, 11) is 0. The summed E-state index contributed by atoms with van der Waals surface area (Å²) in [5.41, 5.74) is 1.46. The van der Waals surface area contributed by atoms with Crippen LogP contribution in [0.3, 0.4) is 0 Å². The minimum absolute atomic E-state index is 0.416. The summed E-state index contributed by atoms with van der Waals surface area (Å²) < 4.78 is 11.7. The molecule has 92 valence electrons. The first-order valence-corrected chi connectivity index (χ1v) is 6.06. The molecule has 0 amide bonds. The van der Waals surface area contributed by atoms with Gasteiger partial charge in [-0.1, -0.05) is 6.58 Å². The molecule has 0 saturated heterocycles. The summed E-state index contributed by atoms with van der Waals surface area (Å²) in [4.78, 5) is 10.8. The topological polar surface area (TPSA) is 35.5 Å². The number of hydrogen-bond donors (Lipinski definition) is 0. The Morgan fingerprint density at radius 2 is 2.18 bits per heavy atom. The Bertz CT molecular complexity index is 427. The van der Waals surface area contributed by atoms with Crippen LogP contribution in [0.4, 0.5) is 0 Å². The SMILES string of the molecule is C=C(C)COc1c(Br)cc(C=O)cc1OCC. The molecule has 1 aromatic carbocycles. The molecule has 1 rings (SSSR count). The van der Waals surface area contributed by atoms with Crippen LogP contribution in [-0.4, -0.2) is 19.5 Å². The van der Waals surface area contributed by atoms with Crippen LogP contribution in [0.5, 0.6) is 11.5 Å². The van der Waals surface area contributed by atoms with Crippen LogP contribution in [-0.2, 0) is 0 Å². The van der Waals surface area contributed by atoms with Crippen molar-refractivity contribution in [3.05, 3.63) is 34.3 Å². The number of halogens is 1. The molecule has 0 radical (unpaired) electrons. The van der Waals surface area contributed by atoms with Crippen LogP contribution in [0.1, 0.15) is 24.2 Å². The summed E-state index contributed by atoms with van der Waals surface area (Å²) in [5, 5.41) is 0. The second-order valence-electron chi connectivity index (χ2n) is 3.63. The molecule has 0 bridgehead atoms. The first kappa shape index (κ1) is 13.8. The van der Waals surface area contributed by atoms with Gasteiger partial charge in [-0.2, -0.15) is 0 Å². The lowest BCUT2D eigenvalue weighted by Crippen LogP contribution is -2.02. The Balaban J connectivity index is 3.06. The fraction of sp³-hybridized carbons (Fsp3) is 0.308. The number of hydrogen-bond acceptors (Lipinski definition) is 3. The molecule has 0 atom stereocenters. The standard InChI is InChI=1S/C13H15BrO3/c1-4-16-12-6-10(7-15)5-11(14)13(12)17-8-9(2)3/h5-7H,2,4,8H2,1,3H3. The molecular weight excluding hydrogens is 284 g/mol. The van der Waals surface area contributed by atoms with Crippen molar-refractivity contribution >= 4 is 22.2 Å². The molecule has 0 heterocycles. The Morgan fingerprint density at radius 1 is 1.47 bits per heavy atom. The first-order valence-electron chi connectivity index (χ1n) is 5.27. The van der Waals surface area contributed by atoms with Gasteiger partial charge in [0.2, 0.25) is 0 Å². The lowest BCUT2D eigenvalue weighted by molar-refractivity contribution is 0.112. The quantitative estimate of drug-likeness (QED) is 0.594. The van der Waals surface area contributed by atoms with E-state index in [-0.39, 0.29) is 0 Å². The lowest BCUT2D eigenvalue weighted by Gasteiger charge is -2.14. The summed E-state index contributed by atoms with van der Waals surface area (Å²) in [6.07, 6.45) is 0.774. The van der Waals surface area contributed by atoms with Gasteiger partial charge >= 0.3 is 0 Å². The molecule has 0 unspecified atom stereocenters. The zero-order valence-corrected chi connectivity index (χ0v) is 11.5. The molecule has 1 aromatic rings. The van der Waals surface area contributed by atoms with Crippen LogP contribution < -0.4 is 9.47 Å². The largest absolute Gasteiger partial charge is 0.490 e. The Hall–Kier alpha value is -1.29. The molecule has 0 aliphatic rings. The number of carbonyl (C=O) groups excluding carboxylic acids is 1. The summed E-state index contributed by atoms with van der Waals surface area (Å²) in [6, 6.07) is 3.36. The Kier molecular flexibility index (Phi) is 5.22. The summed E-state index contributed by atoms with van der Waals surface area (Å²) in [5.74, 6) is 1.16. The van der Waals surface area contributed by atoms with Crippen LogP contribution in [0.2, 0.25) is 0 Å². The normalized spacial score (nSPS) is 9.82. The van der Waals surface area contributed by atoms with Crippen LogP contribution >= 0.6 is 15.9 Å². The van der Waals surface area contributed by atoms with Crippen molar-refractivity contribution in [1.29, 1.82) is 0 Å². The smallest absolute Gasteiger partial charge is 0.175 e. The number of ether oxygens (including phenoxy) is 2. The fourth-order valence-electron chi connectivity index (χ4n) is 1.25. The van der Waals surface area contributed by atoms with Gasteiger partial charge in [-0.15, -0.1) is 0 Å². The van der Waals surface area contributed by atoms with Crippen LogP contribution in [0, 0.1) is 0 Å².